The van der Waals surface area contributed by atoms with E-state index in [1.807, 2.05) is 56.6 Å². The van der Waals surface area contributed by atoms with E-state index < -0.39 is 0 Å². The van der Waals surface area contributed by atoms with Gasteiger partial charge in [0.05, 0.1) is 11.6 Å². The molecule has 0 aromatic carbocycles. The fraction of sp³-hybridized carbons (Fsp3) is 0.429. The van der Waals surface area contributed by atoms with Crippen molar-refractivity contribution in [3.8, 4) is 0 Å². The molecule has 0 radical (unpaired) electrons. The van der Waals surface area contributed by atoms with Crippen molar-refractivity contribution < 1.29 is 1.43 Å². The van der Waals surface area contributed by atoms with Gasteiger partial charge in [0.2, 0.25) is 0 Å². The van der Waals surface area contributed by atoms with E-state index in [0.29, 0.717) is 18.3 Å². The summed E-state index contributed by atoms with van der Waals surface area (Å²) in [4.78, 5) is 23.5. The monoisotopic (exact) mass is 463 g/mol. The highest BCUT2D eigenvalue weighted by Crippen LogP contribution is 2.24. The highest BCUT2D eigenvalue weighted by Gasteiger charge is 2.15. The third kappa shape index (κ3) is 6.71. The largest absolute Gasteiger partial charge is 0.328 e. The van der Waals surface area contributed by atoms with Crippen LogP contribution in [-0.4, -0.2) is 32.8 Å². The normalized spacial score (nSPS) is 14.2. The standard InChI is InChI=1S/C17H19N7OS2.2C2H6.H2/c1-23(14-11-27-15(21-14)3-2-12-4-6-19-22-12)13-5-7-20-24(17(13)25)10-16-18-8-9-26-16;2*1-2;/h4-9,11-12,19,22H,2-3,10H2,1H3;2*1-2H3;1H. The van der Waals surface area contributed by atoms with Crippen molar-refractivity contribution in [3.63, 3.8) is 0 Å². The fourth-order valence-corrected chi connectivity index (χ4v) is 4.21. The Morgan fingerprint density at radius 1 is 1.19 bits per heavy atom. The van der Waals surface area contributed by atoms with Crippen LogP contribution in [0.3, 0.4) is 0 Å². The van der Waals surface area contributed by atoms with E-state index in [1.54, 1.807) is 29.8 Å². The van der Waals surface area contributed by atoms with Gasteiger partial charge in [-0.25, -0.2) is 20.1 Å². The van der Waals surface area contributed by atoms with E-state index in [0.717, 1.165) is 28.7 Å². The van der Waals surface area contributed by atoms with Gasteiger partial charge in [-0.15, -0.1) is 22.7 Å². The molecule has 2 N–H and O–H groups in total. The lowest BCUT2D eigenvalue weighted by atomic mass is 10.2. The van der Waals surface area contributed by atoms with Crippen LogP contribution in [0.1, 0.15) is 45.6 Å². The van der Waals surface area contributed by atoms with E-state index >= 15 is 0 Å². The Balaban J connectivity index is 0.000000971. The summed E-state index contributed by atoms with van der Waals surface area (Å²) in [6, 6.07) is 2.05. The van der Waals surface area contributed by atoms with Crippen LogP contribution in [0.2, 0.25) is 0 Å². The maximum Gasteiger partial charge on any atom is 0.291 e. The van der Waals surface area contributed by atoms with Gasteiger partial charge in [-0.1, -0.05) is 27.7 Å². The molecule has 4 rings (SSSR count). The molecule has 170 valence electrons. The van der Waals surface area contributed by atoms with Crippen LogP contribution >= 0.6 is 22.7 Å². The zero-order chi connectivity index (χ0) is 22.6. The van der Waals surface area contributed by atoms with Crippen molar-refractivity contribution in [2.45, 2.75) is 53.1 Å². The van der Waals surface area contributed by atoms with Crippen LogP contribution in [0.15, 0.2) is 46.3 Å². The predicted molar refractivity (Wildman–Crippen MR) is 132 cm³/mol. The number of aryl methyl sites for hydroxylation is 1. The van der Waals surface area contributed by atoms with E-state index in [-0.39, 0.29) is 6.99 Å². The Kier molecular flexibility index (Phi) is 10.3. The van der Waals surface area contributed by atoms with Gasteiger partial charge in [0, 0.05) is 50.3 Å². The Hall–Kier alpha value is -2.56. The lowest BCUT2D eigenvalue weighted by Gasteiger charge is -2.16. The van der Waals surface area contributed by atoms with Crippen LogP contribution in [0.4, 0.5) is 11.5 Å². The second-order valence-corrected chi connectivity index (χ2v) is 7.98. The van der Waals surface area contributed by atoms with Crippen LogP contribution in [0.5, 0.6) is 0 Å². The summed E-state index contributed by atoms with van der Waals surface area (Å²) in [5.41, 5.74) is 6.53. The molecule has 0 amide bonds. The Bertz CT molecular complexity index is 988. The molecule has 0 fully saturated rings. The molecule has 8 nitrogen and oxygen atoms in total. The van der Waals surface area contributed by atoms with Crippen molar-refractivity contribution in [2.24, 2.45) is 0 Å². The first kappa shape index (κ1) is 24.7. The first-order valence-electron chi connectivity index (χ1n) is 10.5. The van der Waals surface area contributed by atoms with Crippen molar-refractivity contribution in [1.29, 1.82) is 0 Å². The quantitative estimate of drug-likeness (QED) is 0.543. The second-order valence-electron chi connectivity index (χ2n) is 6.06. The summed E-state index contributed by atoms with van der Waals surface area (Å²) in [5.74, 6) is 0.771. The summed E-state index contributed by atoms with van der Waals surface area (Å²) in [5, 5.41) is 9.95. The number of anilines is 2. The van der Waals surface area contributed by atoms with Gasteiger partial charge in [0.1, 0.15) is 16.5 Å². The molecule has 0 saturated heterocycles. The number of rotatable bonds is 7. The predicted octanol–water partition coefficient (Wildman–Crippen LogP) is 4.19. The molecule has 10 heteroatoms. The molecule has 3 aromatic rings. The first-order valence-corrected chi connectivity index (χ1v) is 12.3. The van der Waals surface area contributed by atoms with E-state index in [1.165, 1.54) is 16.0 Å². The Morgan fingerprint density at radius 3 is 2.68 bits per heavy atom. The van der Waals surface area contributed by atoms with Gasteiger partial charge >= 0.3 is 0 Å². The third-order valence-electron chi connectivity index (χ3n) is 4.25. The van der Waals surface area contributed by atoms with Crippen molar-refractivity contribution in [1.82, 2.24) is 30.6 Å². The fourth-order valence-electron chi connectivity index (χ4n) is 2.78. The summed E-state index contributed by atoms with van der Waals surface area (Å²) < 4.78 is 1.43. The van der Waals surface area contributed by atoms with Crippen LogP contribution in [0, 0.1) is 0 Å². The van der Waals surface area contributed by atoms with Crippen molar-refractivity contribution in [3.05, 3.63) is 61.9 Å². The molecule has 1 aliphatic heterocycles. The van der Waals surface area contributed by atoms with Crippen molar-refractivity contribution >= 4 is 34.2 Å². The van der Waals surface area contributed by atoms with Gasteiger partial charge in [-0.2, -0.15) is 5.10 Å². The summed E-state index contributed by atoms with van der Waals surface area (Å²) >= 11 is 3.12. The third-order valence-corrected chi connectivity index (χ3v) is 5.92. The molecule has 0 spiro atoms. The van der Waals surface area contributed by atoms with Gasteiger partial charge in [0.25, 0.3) is 5.56 Å². The zero-order valence-electron chi connectivity index (χ0n) is 18.7. The lowest BCUT2D eigenvalue weighted by molar-refractivity contribution is 0.551. The van der Waals surface area contributed by atoms with Gasteiger partial charge in [-0.05, 0) is 18.6 Å². The van der Waals surface area contributed by atoms with Crippen LogP contribution in [0.25, 0.3) is 0 Å². The molecule has 1 atom stereocenters. The molecular formula is C21H33N7OS2. The smallest absolute Gasteiger partial charge is 0.291 e. The van der Waals surface area contributed by atoms with Gasteiger partial charge < -0.3 is 10.3 Å². The molecule has 31 heavy (non-hydrogen) atoms. The Morgan fingerprint density at radius 2 is 2.00 bits per heavy atom. The molecule has 1 unspecified atom stereocenters. The SMILES string of the molecule is CC.CC.CN(c1csc(CCC2C=CNN2)n1)c1ccnn(Cc2nccs2)c1=O.[HH]. The number of hydrogen-bond donors (Lipinski definition) is 2. The minimum Gasteiger partial charge on any atom is -0.328 e. The van der Waals surface area contributed by atoms with E-state index in [4.69, 9.17) is 0 Å². The topological polar surface area (TPSA) is 88.0 Å². The Labute approximate surface area is 193 Å². The van der Waals surface area contributed by atoms with Crippen molar-refractivity contribution in [2.75, 3.05) is 11.9 Å². The average Bonchev–Trinajstić information content (AvgIpc) is 3.59. The molecule has 3 aromatic heterocycles. The number of hydrogen-bond acceptors (Lipinski definition) is 9. The minimum atomic E-state index is -0.156. The number of nitrogens with zero attached hydrogens (tertiary/aromatic N) is 5. The number of thiazole rings is 2. The number of hydrazine groups is 1. The molecule has 4 heterocycles. The van der Waals surface area contributed by atoms with Crippen LogP contribution in [-0.2, 0) is 13.0 Å². The highest BCUT2D eigenvalue weighted by molar-refractivity contribution is 7.10. The summed E-state index contributed by atoms with van der Waals surface area (Å²) in [7, 11) is 1.86. The maximum absolute atomic E-state index is 12.8. The van der Waals surface area contributed by atoms with E-state index in [9.17, 15) is 4.79 Å². The second kappa shape index (κ2) is 13.0. The molecular weight excluding hydrogens is 430 g/mol. The van der Waals surface area contributed by atoms with Gasteiger partial charge in [-0.3, -0.25) is 4.79 Å². The average molecular weight is 464 g/mol. The maximum atomic E-state index is 12.8. The van der Waals surface area contributed by atoms with Gasteiger partial charge in [0.15, 0.2) is 0 Å². The molecule has 0 bridgehead atoms. The van der Waals surface area contributed by atoms with Crippen LogP contribution < -0.4 is 21.3 Å². The zero-order valence-corrected chi connectivity index (χ0v) is 20.3. The highest BCUT2D eigenvalue weighted by atomic mass is 32.1. The first-order chi connectivity index (χ1) is 15.2. The summed E-state index contributed by atoms with van der Waals surface area (Å²) in [6.45, 7) is 8.37. The minimum absolute atomic E-state index is 0. The molecule has 1 aliphatic rings. The lowest BCUT2D eigenvalue weighted by Crippen LogP contribution is -2.30. The molecule has 0 saturated carbocycles. The number of nitrogens with one attached hydrogen (secondary N) is 2. The number of aromatic nitrogens is 4. The van der Waals surface area contributed by atoms with E-state index in [2.05, 4.69) is 32.0 Å². The summed E-state index contributed by atoms with van der Waals surface area (Å²) in [6.07, 6.45) is 9.22. The molecule has 0 aliphatic carbocycles.